The van der Waals surface area contributed by atoms with Gasteiger partial charge in [-0.2, -0.15) is 0 Å². The van der Waals surface area contributed by atoms with E-state index < -0.39 is 11.9 Å². The molecule has 0 N–H and O–H groups in total. The van der Waals surface area contributed by atoms with E-state index in [0.29, 0.717) is 6.61 Å². The fourth-order valence-electron chi connectivity index (χ4n) is 0.473. The molecule has 88 valence electrons. The van der Waals surface area contributed by atoms with E-state index in [2.05, 4.69) is 25.4 Å². The first kappa shape index (κ1) is 16.5. The first-order chi connectivity index (χ1) is 6.90. The zero-order chi connectivity index (χ0) is 12.3. The molecule has 6 heteroatoms. The second kappa shape index (κ2) is 11.2. The molecule has 0 aromatic rings. The van der Waals surface area contributed by atoms with E-state index in [4.69, 9.17) is 0 Å². The van der Waals surface area contributed by atoms with Gasteiger partial charge in [0, 0.05) is 26.1 Å². The lowest BCUT2D eigenvalue weighted by Gasteiger charge is -1.95. The van der Waals surface area contributed by atoms with Crippen molar-refractivity contribution in [3.8, 4) is 0 Å². The van der Waals surface area contributed by atoms with Crippen molar-refractivity contribution in [3.05, 3.63) is 0 Å². The van der Waals surface area contributed by atoms with Gasteiger partial charge in [0.2, 0.25) is 0 Å². The van der Waals surface area contributed by atoms with Crippen LogP contribution in [0, 0.1) is 0 Å². The maximum Gasteiger partial charge on any atom is 0.310 e. The van der Waals surface area contributed by atoms with Crippen LogP contribution >= 0.6 is 15.9 Å². The van der Waals surface area contributed by atoms with Crippen molar-refractivity contribution in [1.29, 1.82) is 0 Å². The summed E-state index contributed by atoms with van der Waals surface area (Å²) in [4.78, 5) is 29.7. The zero-order valence-corrected chi connectivity index (χ0v) is 10.6. The summed E-state index contributed by atoms with van der Waals surface area (Å²) in [6.45, 7) is 4.30. The van der Waals surface area contributed by atoms with Crippen LogP contribution in [-0.4, -0.2) is 29.8 Å². The Morgan fingerprint density at radius 3 is 1.67 bits per heavy atom. The fourth-order valence-corrected chi connectivity index (χ4v) is 0.702. The molecule has 0 radical (unpaired) electrons. The van der Waals surface area contributed by atoms with E-state index in [1.165, 1.54) is 20.8 Å². The van der Waals surface area contributed by atoms with E-state index in [-0.39, 0.29) is 5.97 Å². The van der Waals surface area contributed by atoms with Crippen LogP contribution in [0.3, 0.4) is 0 Å². The molecule has 0 fully saturated rings. The molecule has 0 amide bonds. The molecule has 0 aliphatic heterocycles. The van der Waals surface area contributed by atoms with Gasteiger partial charge >= 0.3 is 17.9 Å². The molecule has 0 aromatic heterocycles. The highest BCUT2D eigenvalue weighted by molar-refractivity contribution is 9.09. The van der Waals surface area contributed by atoms with Gasteiger partial charge in [-0.15, -0.1) is 0 Å². The van der Waals surface area contributed by atoms with Gasteiger partial charge in [-0.25, -0.2) is 0 Å². The summed E-state index contributed by atoms with van der Waals surface area (Å²) in [6, 6.07) is 0. The summed E-state index contributed by atoms with van der Waals surface area (Å²) in [6.07, 6.45) is 0.888. The molecule has 0 saturated heterocycles. The van der Waals surface area contributed by atoms with Crippen molar-refractivity contribution in [1.82, 2.24) is 0 Å². The predicted molar refractivity (Wildman–Crippen MR) is 57.5 cm³/mol. The van der Waals surface area contributed by atoms with Crippen LogP contribution in [-0.2, 0) is 23.9 Å². The lowest BCUT2D eigenvalue weighted by molar-refractivity contribution is -0.156. The van der Waals surface area contributed by atoms with Gasteiger partial charge in [0.25, 0.3) is 0 Å². The van der Waals surface area contributed by atoms with Crippen molar-refractivity contribution in [2.75, 3.05) is 11.9 Å². The van der Waals surface area contributed by atoms with Gasteiger partial charge in [-0.1, -0.05) is 15.9 Å². The maximum atomic E-state index is 10.1. The van der Waals surface area contributed by atoms with Crippen LogP contribution in [0.1, 0.15) is 27.2 Å². The monoisotopic (exact) mass is 282 g/mol. The van der Waals surface area contributed by atoms with Gasteiger partial charge in [-0.3, -0.25) is 14.4 Å². The number of alkyl halides is 1. The van der Waals surface area contributed by atoms with E-state index in [1.807, 2.05) is 0 Å². The molecule has 0 atom stereocenters. The molecule has 0 spiro atoms. The maximum absolute atomic E-state index is 10.1. The van der Waals surface area contributed by atoms with E-state index in [1.54, 1.807) is 0 Å². The standard InChI is InChI=1S/C5H9BrO2.C4H6O3/c1-5(7)8-4-2-3-6;1-3(5)7-4(2)6/h2-4H2,1H3;1-2H3. The molecule has 0 unspecified atom stereocenters. The van der Waals surface area contributed by atoms with Crippen LogP contribution in [0.15, 0.2) is 0 Å². The lowest BCUT2D eigenvalue weighted by Crippen LogP contribution is -2.03. The largest absolute Gasteiger partial charge is 0.466 e. The number of hydrogen-bond donors (Lipinski definition) is 0. The number of ether oxygens (including phenoxy) is 2. The summed E-state index contributed by atoms with van der Waals surface area (Å²) in [5, 5.41) is 0.889. The third-order valence-electron chi connectivity index (χ3n) is 0.871. The third-order valence-corrected chi connectivity index (χ3v) is 1.43. The molecule has 0 saturated carbocycles. The number of rotatable bonds is 3. The third kappa shape index (κ3) is 24.6. The Hall–Kier alpha value is -0.910. The van der Waals surface area contributed by atoms with Crippen LogP contribution in [0.2, 0.25) is 0 Å². The summed E-state index contributed by atoms with van der Waals surface area (Å²) in [5.74, 6) is -1.33. The lowest BCUT2D eigenvalue weighted by atomic mass is 10.5. The molecule has 0 heterocycles. The Kier molecular flexibility index (Phi) is 12.3. The number of carbonyl (C=O) groups excluding carboxylic acids is 3. The molecular formula is C9H15BrO5. The van der Waals surface area contributed by atoms with Crippen molar-refractivity contribution in [2.24, 2.45) is 0 Å². The summed E-state index contributed by atoms with van der Waals surface area (Å²) >= 11 is 3.21. The Morgan fingerprint density at radius 1 is 1.00 bits per heavy atom. The van der Waals surface area contributed by atoms with E-state index in [0.717, 1.165) is 11.8 Å². The smallest absolute Gasteiger partial charge is 0.310 e. The van der Waals surface area contributed by atoms with Crippen molar-refractivity contribution in [3.63, 3.8) is 0 Å². The first-order valence-corrected chi connectivity index (χ1v) is 5.40. The van der Waals surface area contributed by atoms with E-state index in [9.17, 15) is 14.4 Å². The van der Waals surface area contributed by atoms with Crippen molar-refractivity contribution in [2.45, 2.75) is 27.2 Å². The second-order valence-electron chi connectivity index (χ2n) is 2.47. The minimum Gasteiger partial charge on any atom is -0.466 e. The van der Waals surface area contributed by atoms with E-state index >= 15 is 0 Å². The predicted octanol–water partition coefficient (Wildman–Crippen LogP) is 1.43. The SMILES string of the molecule is CC(=O)OC(C)=O.CC(=O)OCCCBr. The molecule has 15 heavy (non-hydrogen) atoms. The number of carbonyl (C=O) groups is 3. The van der Waals surface area contributed by atoms with Crippen LogP contribution in [0.4, 0.5) is 0 Å². The number of hydrogen-bond acceptors (Lipinski definition) is 5. The average Bonchev–Trinajstić information content (AvgIpc) is 2.02. The summed E-state index contributed by atoms with van der Waals surface area (Å²) < 4.78 is 8.59. The Morgan fingerprint density at radius 2 is 1.47 bits per heavy atom. The van der Waals surface area contributed by atoms with Crippen molar-refractivity contribution < 1.29 is 23.9 Å². The summed E-state index contributed by atoms with van der Waals surface area (Å²) in [7, 11) is 0. The molecule has 5 nitrogen and oxygen atoms in total. The molecule has 0 bridgehead atoms. The number of halogens is 1. The van der Waals surface area contributed by atoms with Crippen LogP contribution in [0.5, 0.6) is 0 Å². The highest BCUT2D eigenvalue weighted by atomic mass is 79.9. The highest BCUT2D eigenvalue weighted by Crippen LogP contribution is 1.87. The Balaban J connectivity index is 0. The topological polar surface area (TPSA) is 69.7 Å². The summed E-state index contributed by atoms with van der Waals surface area (Å²) in [5.41, 5.74) is 0. The van der Waals surface area contributed by atoms with Crippen molar-refractivity contribution >= 4 is 33.8 Å². The van der Waals surface area contributed by atoms with Crippen LogP contribution in [0.25, 0.3) is 0 Å². The van der Waals surface area contributed by atoms with Gasteiger partial charge in [-0.05, 0) is 6.42 Å². The number of esters is 3. The molecule has 0 aliphatic carbocycles. The van der Waals surface area contributed by atoms with Gasteiger partial charge in [0.1, 0.15) is 0 Å². The minimum atomic E-state index is -0.562. The highest BCUT2D eigenvalue weighted by Gasteiger charge is 1.93. The average molecular weight is 283 g/mol. The zero-order valence-electron chi connectivity index (χ0n) is 9.04. The molecular weight excluding hydrogens is 268 g/mol. The fraction of sp³-hybridized carbons (Fsp3) is 0.667. The first-order valence-electron chi connectivity index (χ1n) is 4.28. The molecule has 0 aromatic carbocycles. The van der Waals surface area contributed by atoms with Gasteiger partial charge in [0.05, 0.1) is 6.61 Å². The quantitative estimate of drug-likeness (QED) is 0.339. The Bertz CT molecular complexity index is 203. The molecule has 0 rings (SSSR count). The second-order valence-corrected chi connectivity index (χ2v) is 3.26. The van der Waals surface area contributed by atoms with Gasteiger partial charge < -0.3 is 9.47 Å². The minimum absolute atomic E-state index is 0.203. The van der Waals surface area contributed by atoms with Gasteiger partial charge in [0.15, 0.2) is 0 Å². The Labute approximate surface area is 97.2 Å². The molecule has 0 aliphatic rings. The van der Waals surface area contributed by atoms with Crippen LogP contribution < -0.4 is 0 Å². The normalized spacial score (nSPS) is 8.27.